The van der Waals surface area contributed by atoms with Crippen molar-refractivity contribution in [3.05, 3.63) is 107 Å². The van der Waals surface area contributed by atoms with Gasteiger partial charge in [0.15, 0.2) is 6.61 Å². The first-order valence-corrected chi connectivity index (χ1v) is 10.6. The first kappa shape index (κ1) is 20.5. The van der Waals surface area contributed by atoms with Gasteiger partial charge >= 0.3 is 0 Å². The van der Waals surface area contributed by atoms with Crippen molar-refractivity contribution in [2.45, 2.75) is 6.92 Å². The Morgan fingerprint density at radius 3 is 2.45 bits per heavy atom. The topological polar surface area (TPSA) is 73.2 Å². The Bertz CT molecular complexity index is 1540. The number of carbonyl (C=O) groups excluding carboxylic acids is 1. The molecule has 5 aromatic rings. The first-order valence-electron chi connectivity index (χ1n) is 10.6. The number of benzene rings is 4. The molecular formula is C27H21N3O3. The zero-order chi connectivity index (χ0) is 22.8. The second-order valence-corrected chi connectivity index (χ2v) is 7.71. The van der Waals surface area contributed by atoms with Crippen molar-refractivity contribution in [3.63, 3.8) is 0 Å². The van der Waals surface area contributed by atoms with E-state index in [1.165, 1.54) is 0 Å². The third kappa shape index (κ3) is 4.19. The molecule has 33 heavy (non-hydrogen) atoms. The molecule has 0 aliphatic carbocycles. The van der Waals surface area contributed by atoms with Gasteiger partial charge in [-0.05, 0) is 66.2 Å². The number of aromatic nitrogens is 2. The van der Waals surface area contributed by atoms with E-state index in [9.17, 15) is 9.59 Å². The van der Waals surface area contributed by atoms with Crippen LogP contribution in [0.15, 0.2) is 95.8 Å². The van der Waals surface area contributed by atoms with E-state index >= 15 is 0 Å². The smallest absolute Gasteiger partial charge is 0.265 e. The van der Waals surface area contributed by atoms with E-state index in [1.807, 2.05) is 60.7 Å². The van der Waals surface area contributed by atoms with Crippen molar-refractivity contribution in [1.82, 2.24) is 9.55 Å². The van der Waals surface area contributed by atoms with Crippen LogP contribution in [-0.4, -0.2) is 22.1 Å². The van der Waals surface area contributed by atoms with E-state index in [4.69, 9.17) is 4.74 Å². The van der Waals surface area contributed by atoms with Gasteiger partial charge in [0, 0.05) is 5.69 Å². The van der Waals surface area contributed by atoms with Gasteiger partial charge < -0.3 is 10.1 Å². The number of para-hydroxylation sites is 1. The molecule has 0 bridgehead atoms. The second kappa shape index (κ2) is 8.59. The summed E-state index contributed by atoms with van der Waals surface area (Å²) in [5, 5.41) is 5.55. The molecule has 0 atom stereocenters. The standard InChI is InChI=1S/C27H21N3O3/c1-18-28-25-9-5-4-8-24(25)27(32)30(18)22-13-11-21(12-14-22)29-26(31)17-33-23-15-10-19-6-2-3-7-20(19)16-23/h2-16H,17H2,1H3,(H,29,31). The second-order valence-electron chi connectivity index (χ2n) is 7.71. The number of ether oxygens (including phenoxy) is 1. The number of hydrogen-bond donors (Lipinski definition) is 1. The molecule has 1 heterocycles. The lowest BCUT2D eigenvalue weighted by Crippen LogP contribution is -2.22. The monoisotopic (exact) mass is 435 g/mol. The first-order chi connectivity index (χ1) is 16.1. The molecule has 162 valence electrons. The Hall–Kier alpha value is -4.45. The molecule has 0 unspecified atom stereocenters. The predicted octanol–water partition coefficient (Wildman–Crippen LogP) is 4.86. The Balaban J connectivity index is 1.28. The third-order valence-electron chi connectivity index (χ3n) is 5.44. The fourth-order valence-corrected chi connectivity index (χ4v) is 3.84. The minimum atomic E-state index is -0.267. The van der Waals surface area contributed by atoms with Crippen LogP contribution in [0.4, 0.5) is 5.69 Å². The highest BCUT2D eigenvalue weighted by molar-refractivity contribution is 5.92. The van der Waals surface area contributed by atoms with E-state index < -0.39 is 0 Å². The SMILES string of the molecule is Cc1nc2ccccc2c(=O)n1-c1ccc(NC(=O)COc2ccc3ccccc3c2)cc1. The summed E-state index contributed by atoms with van der Waals surface area (Å²) < 4.78 is 7.21. The van der Waals surface area contributed by atoms with Crippen LogP contribution in [0.25, 0.3) is 27.4 Å². The molecule has 0 saturated carbocycles. The van der Waals surface area contributed by atoms with Gasteiger partial charge in [-0.1, -0.05) is 42.5 Å². The third-order valence-corrected chi connectivity index (χ3v) is 5.44. The van der Waals surface area contributed by atoms with Gasteiger partial charge in [0.05, 0.1) is 16.6 Å². The summed E-state index contributed by atoms with van der Waals surface area (Å²) in [6, 6.07) is 28.1. The summed E-state index contributed by atoms with van der Waals surface area (Å²) in [6.07, 6.45) is 0. The van der Waals surface area contributed by atoms with Crippen molar-refractivity contribution >= 4 is 33.3 Å². The largest absolute Gasteiger partial charge is 0.484 e. The molecule has 0 aliphatic rings. The van der Waals surface area contributed by atoms with Gasteiger partial charge in [-0.3, -0.25) is 14.2 Å². The van der Waals surface area contributed by atoms with Crippen LogP contribution in [0, 0.1) is 6.92 Å². The van der Waals surface area contributed by atoms with Crippen LogP contribution < -0.4 is 15.6 Å². The molecular weight excluding hydrogens is 414 g/mol. The number of rotatable bonds is 5. The van der Waals surface area contributed by atoms with Gasteiger partial charge in [0.25, 0.3) is 11.5 Å². The zero-order valence-electron chi connectivity index (χ0n) is 18.0. The van der Waals surface area contributed by atoms with Gasteiger partial charge in [-0.15, -0.1) is 0 Å². The molecule has 0 spiro atoms. The number of amides is 1. The number of fused-ring (bicyclic) bond motifs is 2. The lowest BCUT2D eigenvalue weighted by atomic mass is 10.1. The summed E-state index contributed by atoms with van der Waals surface area (Å²) in [5.41, 5.74) is 1.84. The maximum Gasteiger partial charge on any atom is 0.265 e. The number of carbonyl (C=O) groups is 1. The summed E-state index contributed by atoms with van der Waals surface area (Å²) in [5.74, 6) is 0.966. The molecule has 1 amide bonds. The van der Waals surface area contributed by atoms with E-state index in [-0.39, 0.29) is 18.1 Å². The van der Waals surface area contributed by atoms with Gasteiger partial charge in [0.2, 0.25) is 0 Å². The van der Waals surface area contributed by atoms with Crippen LogP contribution >= 0.6 is 0 Å². The van der Waals surface area contributed by atoms with E-state index in [1.54, 1.807) is 41.8 Å². The van der Waals surface area contributed by atoms with Crippen LogP contribution in [-0.2, 0) is 4.79 Å². The van der Waals surface area contributed by atoms with E-state index in [0.717, 1.165) is 10.8 Å². The number of hydrogen-bond acceptors (Lipinski definition) is 4. The summed E-state index contributed by atoms with van der Waals surface area (Å²) >= 11 is 0. The molecule has 1 N–H and O–H groups in total. The zero-order valence-corrected chi connectivity index (χ0v) is 18.0. The Labute approximate surface area is 190 Å². The van der Waals surface area contributed by atoms with Crippen molar-refractivity contribution in [1.29, 1.82) is 0 Å². The highest BCUT2D eigenvalue weighted by atomic mass is 16.5. The van der Waals surface area contributed by atoms with Crippen LogP contribution in [0.5, 0.6) is 5.75 Å². The molecule has 5 rings (SSSR count). The predicted molar refractivity (Wildman–Crippen MR) is 130 cm³/mol. The average molecular weight is 435 g/mol. The summed E-state index contributed by atoms with van der Waals surface area (Å²) in [7, 11) is 0. The highest BCUT2D eigenvalue weighted by Gasteiger charge is 2.10. The number of aryl methyl sites for hydroxylation is 1. The fraction of sp³-hybridized carbons (Fsp3) is 0.0741. The molecule has 0 aliphatic heterocycles. The normalized spacial score (nSPS) is 10.9. The van der Waals surface area contributed by atoms with Crippen LogP contribution in [0.3, 0.4) is 0 Å². The molecule has 0 saturated heterocycles. The van der Waals surface area contributed by atoms with E-state index in [0.29, 0.717) is 33.9 Å². The minimum absolute atomic E-state index is 0.104. The number of nitrogens with zero attached hydrogens (tertiary/aromatic N) is 2. The Kier molecular flexibility index (Phi) is 5.32. The van der Waals surface area contributed by atoms with Gasteiger partial charge in [0.1, 0.15) is 11.6 Å². The Morgan fingerprint density at radius 2 is 1.64 bits per heavy atom. The van der Waals surface area contributed by atoms with Crippen LogP contribution in [0.1, 0.15) is 5.82 Å². The fourth-order valence-electron chi connectivity index (χ4n) is 3.84. The van der Waals surface area contributed by atoms with Crippen molar-refractivity contribution in [2.75, 3.05) is 11.9 Å². The molecule has 4 aromatic carbocycles. The molecule has 6 heteroatoms. The van der Waals surface area contributed by atoms with E-state index in [2.05, 4.69) is 10.3 Å². The van der Waals surface area contributed by atoms with Crippen molar-refractivity contribution in [3.8, 4) is 11.4 Å². The average Bonchev–Trinajstić information content (AvgIpc) is 2.84. The highest BCUT2D eigenvalue weighted by Crippen LogP contribution is 2.21. The molecule has 0 fully saturated rings. The minimum Gasteiger partial charge on any atom is -0.484 e. The maximum absolute atomic E-state index is 13.0. The summed E-state index contributed by atoms with van der Waals surface area (Å²) in [4.78, 5) is 29.8. The van der Waals surface area contributed by atoms with Gasteiger partial charge in [-0.25, -0.2) is 4.98 Å². The molecule has 1 aromatic heterocycles. The molecule has 6 nitrogen and oxygen atoms in total. The maximum atomic E-state index is 13.0. The quantitative estimate of drug-likeness (QED) is 0.428. The van der Waals surface area contributed by atoms with Crippen molar-refractivity contribution in [2.24, 2.45) is 0 Å². The lowest BCUT2D eigenvalue weighted by Gasteiger charge is -2.12. The lowest BCUT2D eigenvalue weighted by molar-refractivity contribution is -0.118. The van der Waals surface area contributed by atoms with Crippen molar-refractivity contribution < 1.29 is 9.53 Å². The van der Waals surface area contributed by atoms with Crippen LogP contribution in [0.2, 0.25) is 0 Å². The number of anilines is 1. The molecule has 0 radical (unpaired) electrons. The summed E-state index contributed by atoms with van der Waals surface area (Å²) in [6.45, 7) is 1.70. The number of nitrogens with one attached hydrogen (secondary N) is 1. The Morgan fingerprint density at radius 1 is 0.909 bits per heavy atom. The van der Waals surface area contributed by atoms with Gasteiger partial charge in [-0.2, -0.15) is 0 Å².